The molecule has 3 heteroatoms. The third kappa shape index (κ3) is 4.62. The Kier molecular flexibility index (Phi) is 4.30. The van der Waals surface area contributed by atoms with Crippen molar-refractivity contribution in [2.45, 2.75) is 40.2 Å². The third-order valence-corrected chi connectivity index (χ3v) is 2.35. The van der Waals surface area contributed by atoms with Crippen molar-refractivity contribution in [3.8, 4) is 5.75 Å². The summed E-state index contributed by atoms with van der Waals surface area (Å²) >= 11 is 0. The maximum absolute atomic E-state index is 5.72. The Morgan fingerprint density at radius 2 is 2.06 bits per heavy atom. The van der Waals surface area contributed by atoms with Crippen LogP contribution >= 0.6 is 0 Å². The lowest BCUT2D eigenvalue weighted by Crippen LogP contribution is -2.11. The van der Waals surface area contributed by atoms with E-state index >= 15 is 0 Å². The first kappa shape index (κ1) is 13.0. The monoisotopic (exact) mass is 222 g/mol. The second kappa shape index (κ2) is 5.30. The molecule has 2 N–H and O–H groups in total. The van der Waals surface area contributed by atoms with Crippen molar-refractivity contribution in [1.29, 1.82) is 0 Å². The molecule has 1 aromatic heterocycles. The number of rotatable bonds is 4. The first-order valence-electron chi connectivity index (χ1n) is 5.73. The molecule has 0 aliphatic heterocycles. The predicted octanol–water partition coefficient (Wildman–Crippen LogP) is 2.92. The zero-order valence-corrected chi connectivity index (χ0v) is 10.7. The zero-order chi connectivity index (χ0) is 12.2. The molecule has 90 valence electrons. The smallest absolute Gasteiger partial charge is 0.137 e. The van der Waals surface area contributed by atoms with Gasteiger partial charge in [-0.25, -0.2) is 0 Å². The van der Waals surface area contributed by atoms with E-state index in [2.05, 4.69) is 25.8 Å². The van der Waals surface area contributed by atoms with Crippen LogP contribution in [0.4, 0.5) is 0 Å². The van der Waals surface area contributed by atoms with Gasteiger partial charge in [0.25, 0.3) is 0 Å². The number of pyridine rings is 1. The zero-order valence-electron chi connectivity index (χ0n) is 10.7. The van der Waals surface area contributed by atoms with E-state index in [0.717, 1.165) is 24.5 Å². The molecule has 0 aliphatic carbocycles. The van der Waals surface area contributed by atoms with Crippen LogP contribution in [-0.4, -0.2) is 11.6 Å². The molecule has 1 heterocycles. The minimum absolute atomic E-state index is 0.0244. The molecule has 0 fully saturated rings. The van der Waals surface area contributed by atoms with Gasteiger partial charge in [-0.05, 0) is 30.9 Å². The number of hydrogen-bond acceptors (Lipinski definition) is 3. The molecule has 1 atom stereocenters. The van der Waals surface area contributed by atoms with Crippen molar-refractivity contribution in [3.05, 3.63) is 24.0 Å². The number of hydrogen-bond donors (Lipinski definition) is 1. The fourth-order valence-corrected chi connectivity index (χ4v) is 1.22. The minimum Gasteiger partial charge on any atom is -0.492 e. The van der Waals surface area contributed by atoms with Crippen LogP contribution in [0.3, 0.4) is 0 Å². The highest BCUT2D eigenvalue weighted by Crippen LogP contribution is 2.19. The quantitative estimate of drug-likeness (QED) is 0.852. The van der Waals surface area contributed by atoms with Crippen molar-refractivity contribution in [1.82, 2.24) is 4.98 Å². The molecule has 0 unspecified atom stereocenters. The molecular formula is C13H22N2O. The van der Waals surface area contributed by atoms with Crippen molar-refractivity contribution in [2.75, 3.05) is 6.61 Å². The van der Waals surface area contributed by atoms with Crippen molar-refractivity contribution in [3.63, 3.8) is 0 Å². The molecule has 0 saturated carbocycles. The van der Waals surface area contributed by atoms with E-state index < -0.39 is 0 Å². The topological polar surface area (TPSA) is 48.1 Å². The van der Waals surface area contributed by atoms with E-state index in [1.165, 1.54) is 0 Å². The maximum atomic E-state index is 5.72. The Hall–Kier alpha value is -1.09. The SMILES string of the molecule is C[C@@H](N)c1ccc(OCCC(C)(C)C)cn1. The van der Waals surface area contributed by atoms with Gasteiger partial charge in [0.1, 0.15) is 5.75 Å². The Labute approximate surface area is 98.0 Å². The fourth-order valence-electron chi connectivity index (χ4n) is 1.22. The van der Waals surface area contributed by atoms with Crippen LogP contribution in [-0.2, 0) is 0 Å². The molecule has 0 saturated heterocycles. The van der Waals surface area contributed by atoms with E-state index in [4.69, 9.17) is 10.5 Å². The van der Waals surface area contributed by atoms with Crippen LogP contribution in [0.5, 0.6) is 5.75 Å². The van der Waals surface area contributed by atoms with Crippen molar-refractivity contribution in [2.24, 2.45) is 11.1 Å². The molecule has 0 spiro atoms. The summed E-state index contributed by atoms with van der Waals surface area (Å²) in [6.07, 6.45) is 2.77. The molecule has 0 bridgehead atoms. The molecule has 0 amide bonds. The molecular weight excluding hydrogens is 200 g/mol. The second-order valence-corrected chi connectivity index (χ2v) is 5.37. The average molecular weight is 222 g/mol. The lowest BCUT2D eigenvalue weighted by atomic mass is 9.93. The summed E-state index contributed by atoms with van der Waals surface area (Å²) < 4.78 is 5.61. The highest BCUT2D eigenvalue weighted by molar-refractivity contribution is 5.21. The largest absolute Gasteiger partial charge is 0.492 e. The molecule has 1 aromatic rings. The number of aromatic nitrogens is 1. The van der Waals surface area contributed by atoms with E-state index in [-0.39, 0.29) is 6.04 Å². The van der Waals surface area contributed by atoms with E-state index in [1.807, 2.05) is 19.1 Å². The van der Waals surface area contributed by atoms with Crippen molar-refractivity contribution < 1.29 is 4.74 Å². The van der Waals surface area contributed by atoms with Crippen LogP contribution in [0.2, 0.25) is 0 Å². The predicted molar refractivity (Wildman–Crippen MR) is 66.4 cm³/mol. The van der Waals surface area contributed by atoms with Gasteiger partial charge in [-0.1, -0.05) is 20.8 Å². The van der Waals surface area contributed by atoms with Gasteiger partial charge in [0.2, 0.25) is 0 Å². The highest BCUT2D eigenvalue weighted by Gasteiger charge is 2.10. The molecule has 0 aliphatic rings. The van der Waals surface area contributed by atoms with Gasteiger partial charge in [-0.3, -0.25) is 4.98 Å². The summed E-state index contributed by atoms with van der Waals surface area (Å²) in [4.78, 5) is 4.24. The summed E-state index contributed by atoms with van der Waals surface area (Å²) in [5, 5.41) is 0. The molecule has 0 aromatic carbocycles. The van der Waals surface area contributed by atoms with E-state index in [9.17, 15) is 0 Å². The summed E-state index contributed by atoms with van der Waals surface area (Å²) in [7, 11) is 0. The van der Waals surface area contributed by atoms with Gasteiger partial charge in [0, 0.05) is 6.04 Å². The normalized spacial score (nSPS) is 13.6. The van der Waals surface area contributed by atoms with Gasteiger partial charge >= 0.3 is 0 Å². The standard InChI is InChI=1S/C13H22N2O/c1-10(14)12-6-5-11(9-15-12)16-8-7-13(2,3)4/h5-6,9-10H,7-8,14H2,1-4H3/t10-/m1/s1. The van der Waals surface area contributed by atoms with Gasteiger partial charge in [0.15, 0.2) is 0 Å². The maximum Gasteiger partial charge on any atom is 0.137 e. The molecule has 16 heavy (non-hydrogen) atoms. The van der Waals surface area contributed by atoms with Gasteiger partial charge in [-0.15, -0.1) is 0 Å². The third-order valence-electron chi connectivity index (χ3n) is 2.35. The Morgan fingerprint density at radius 1 is 1.38 bits per heavy atom. The number of nitrogens with zero attached hydrogens (tertiary/aromatic N) is 1. The Balaban J connectivity index is 2.44. The summed E-state index contributed by atoms with van der Waals surface area (Å²) in [5.41, 5.74) is 6.91. The number of ether oxygens (including phenoxy) is 1. The summed E-state index contributed by atoms with van der Waals surface area (Å²) in [6.45, 7) is 9.25. The van der Waals surface area contributed by atoms with Crippen LogP contribution in [0.15, 0.2) is 18.3 Å². The van der Waals surface area contributed by atoms with Crippen molar-refractivity contribution >= 4 is 0 Å². The summed E-state index contributed by atoms with van der Waals surface area (Å²) in [6, 6.07) is 3.81. The average Bonchev–Trinajstić information content (AvgIpc) is 2.16. The van der Waals surface area contributed by atoms with Gasteiger partial charge < -0.3 is 10.5 Å². The van der Waals surface area contributed by atoms with Crippen LogP contribution in [0, 0.1) is 5.41 Å². The summed E-state index contributed by atoms with van der Waals surface area (Å²) in [5.74, 6) is 0.814. The molecule has 0 radical (unpaired) electrons. The van der Waals surface area contributed by atoms with Crippen LogP contribution in [0.25, 0.3) is 0 Å². The first-order valence-corrected chi connectivity index (χ1v) is 5.73. The minimum atomic E-state index is -0.0244. The lowest BCUT2D eigenvalue weighted by Gasteiger charge is -2.18. The second-order valence-electron chi connectivity index (χ2n) is 5.37. The highest BCUT2D eigenvalue weighted by atomic mass is 16.5. The molecule has 1 rings (SSSR count). The first-order chi connectivity index (χ1) is 7.38. The van der Waals surface area contributed by atoms with Crippen LogP contribution in [0.1, 0.15) is 45.9 Å². The lowest BCUT2D eigenvalue weighted by molar-refractivity contribution is 0.242. The van der Waals surface area contributed by atoms with E-state index in [1.54, 1.807) is 6.20 Å². The Morgan fingerprint density at radius 3 is 2.50 bits per heavy atom. The van der Waals surface area contributed by atoms with E-state index in [0.29, 0.717) is 5.41 Å². The fraction of sp³-hybridized carbons (Fsp3) is 0.615. The number of nitrogens with two attached hydrogens (primary N) is 1. The van der Waals surface area contributed by atoms with Gasteiger partial charge in [-0.2, -0.15) is 0 Å². The van der Waals surface area contributed by atoms with Gasteiger partial charge in [0.05, 0.1) is 18.5 Å². The molecule has 3 nitrogen and oxygen atoms in total. The Bertz CT molecular complexity index is 312. The van der Waals surface area contributed by atoms with Crippen LogP contribution < -0.4 is 10.5 Å².